The van der Waals surface area contributed by atoms with Crippen LogP contribution in [0.4, 0.5) is 18.9 Å². The number of benzene rings is 2. The van der Waals surface area contributed by atoms with E-state index in [2.05, 4.69) is 5.32 Å². The third-order valence-corrected chi connectivity index (χ3v) is 6.99. The fourth-order valence-electron chi connectivity index (χ4n) is 3.68. The number of nitrogens with zero attached hydrogens (tertiary/aromatic N) is 2. The quantitative estimate of drug-likeness (QED) is 0.420. The smallest absolute Gasteiger partial charge is 0.350 e. The monoisotopic (exact) mass is 575 g/mol. The summed E-state index contributed by atoms with van der Waals surface area (Å²) in [5.74, 6) is -0.768. The minimum atomic E-state index is -4.64. The lowest BCUT2D eigenvalue weighted by Gasteiger charge is -2.32. The van der Waals surface area contributed by atoms with Crippen molar-refractivity contribution in [2.24, 2.45) is 0 Å². The highest BCUT2D eigenvalue weighted by atomic mass is 35.5. The van der Waals surface area contributed by atoms with E-state index in [0.29, 0.717) is 5.02 Å². The Morgan fingerprint density at radius 2 is 1.66 bits per heavy atom. The zero-order chi connectivity index (χ0) is 28.9. The Bertz CT molecular complexity index is 1230. The Kier molecular flexibility index (Phi) is 10.2. The van der Waals surface area contributed by atoms with Crippen molar-refractivity contribution in [3.63, 3.8) is 0 Å². The topological polar surface area (TPSA) is 86.8 Å². The molecule has 2 aromatic rings. The van der Waals surface area contributed by atoms with Gasteiger partial charge in [0.1, 0.15) is 6.04 Å². The van der Waals surface area contributed by atoms with Crippen LogP contribution in [0.5, 0.6) is 0 Å². The van der Waals surface area contributed by atoms with Gasteiger partial charge in [0.15, 0.2) is 0 Å². The van der Waals surface area contributed by atoms with Crippen LogP contribution in [0.3, 0.4) is 0 Å². The third kappa shape index (κ3) is 9.50. The summed E-state index contributed by atoms with van der Waals surface area (Å²) in [6, 6.07) is 9.96. The van der Waals surface area contributed by atoms with Gasteiger partial charge in [-0.1, -0.05) is 29.8 Å². The first kappa shape index (κ1) is 31.4. The number of rotatable bonds is 10. The summed E-state index contributed by atoms with van der Waals surface area (Å²) in [7, 11) is -3.94. The highest BCUT2D eigenvalue weighted by Crippen LogP contribution is 2.32. The van der Waals surface area contributed by atoms with Gasteiger partial charge in [0.25, 0.3) is 0 Å². The molecule has 0 saturated carbocycles. The first-order chi connectivity index (χ1) is 17.4. The van der Waals surface area contributed by atoms with E-state index in [0.717, 1.165) is 34.3 Å². The molecule has 12 heteroatoms. The molecule has 1 atom stereocenters. The number of hydrogen-bond acceptors (Lipinski definition) is 4. The van der Waals surface area contributed by atoms with Gasteiger partial charge in [-0.15, -0.1) is 0 Å². The predicted octanol–water partition coefficient (Wildman–Crippen LogP) is 5.24. The van der Waals surface area contributed by atoms with Crippen molar-refractivity contribution >= 4 is 39.1 Å². The van der Waals surface area contributed by atoms with Gasteiger partial charge in [-0.2, -0.15) is 13.2 Å². The molecular weight excluding hydrogens is 543 g/mol. The fraction of sp³-hybridized carbons (Fsp3) is 0.462. The summed E-state index contributed by atoms with van der Waals surface area (Å²) in [5, 5.41) is 3.36. The summed E-state index contributed by atoms with van der Waals surface area (Å²) in [5.41, 5.74) is -0.917. The van der Waals surface area contributed by atoms with Gasteiger partial charge >= 0.3 is 6.18 Å². The van der Waals surface area contributed by atoms with E-state index in [1.165, 1.54) is 11.0 Å². The van der Waals surface area contributed by atoms with E-state index in [4.69, 9.17) is 11.6 Å². The van der Waals surface area contributed by atoms with E-state index in [9.17, 15) is 31.2 Å². The van der Waals surface area contributed by atoms with Crippen molar-refractivity contribution < 1.29 is 31.2 Å². The Balaban J connectivity index is 2.23. The lowest BCUT2D eigenvalue weighted by molar-refractivity contribution is -0.141. The number of halogens is 4. The maximum absolute atomic E-state index is 13.3. The van der Waals surface area contributed by atoms with Crippen molar-refractivity contribution in [2.45, 2.75) is 64.8 Å². The molecule has 0 saturated heterocycles. The van der Waals surface area contributed by atoms with Crippen LogP contribution in [-0.4, -0.2) is 49.5 Å². The normalized spacial score (nSPS) is 13.1. The molecule has 1 N–H and O–H groups in total. The first-order valence-corrected chi connectivity index (χ1v) is 14.1. The van der Waals surface area contributed by atoms with Crippen LogP contribution >= 0.6 is 11.6 Å². The van der Waals surface area contributed by atoms with Crippen molar-refractivity contribution in [1.29, 1.82) is 0 Å². The molecule has 2 rings (SSSR count). The van der Waals surface area contributed by atoms with Gasteiger partial charge < -0.3 is 10.2 Å². The van der Waals surface area contributed by atoms with Crippen LogP contribution < -0.4 is 9.62 Å². The molecule has 7 nitrogen and oxygen atoms in total. The van der Waals surface area contributed by atoms with Crippen LogP contribution in [0.1, 0.15) is 51.7 Å². The second-order valence-electron chi connectivity index (χ2n) is 10.1. The number of carbonyl (C=O) groups is 2. The third-order valence-electron chi connectivity index (χ3n) is 5.55. The molecule has 0 heterocycles. The minimum absolute atomic E-state index is 0.0207. The van der Waals surface area contributed by atoms with Crippen LogP contribution in [0.25, 0.3) is 0 Å². The van der Waals surface area contributed by atoms with Gasteiger partial charge in [0.2, 0.25) is 21.8 Å². The Morgan fingerprint density at radius 1 is 1.05 bits per heavy atom. The molecular formula is C26H33ClF3N3O4S. The standard InChI is InChI=1S/C26H33ClF3N3O4S/c1-18(24(35)31-25(2,3)4)32(17-19-11-13-21(27)14-12-19)23(34)10-7-15-33(38(5,36)37)22-9-6-8-20(16-22)26(28,29)30/h6,8-9,11-14,16,18H,7,10,15,17H2,1-5H3,(H,31,35)/t18-/m0/s1. The molecule has 0 aliphatic rings. The molecule has 0 fully saturated rings. The van der Waals surface area contributed by atoms with Crippen molar-refractivity contribution in [3.8, 4) is 0 Å². The number of nitrogens with one attached hydrogen (secondary N) is 1. The zero-order valence-electron chi connectivity index (χ0n) is 22.0. The first-order valence-electron chi connectivity index (χ1n) is 11.9. The maximum Gasteiger partial charge on any atom is 0.416 e. The Labute approximate surface area is 227 Å². The van der Waals surface area contributed by atoms with Crippen molar-refractivity contribution in [3.05, 3.63) is 64.7 Å². The van der Waals surface area contributed by atoms with Gasteiger partial charge in [-0.3, -0.25) is 13.9 Å². The largest absolute Gasteiger partial charge is 0.416 e. The van der Waals surface area contributed by atoms with Gasteiger partial charge in [-0.25, -0.2) is 8.42 Å². The van der Waals surface area contributed by atoms with E-state index in [-0.39, 0.29) is 37.5 Å². The second-order valence-corrected chi connectivity index (χ2v) is 12.4. The number of amides is 2. The highest BCUT2D eigenvalue weighted by molar-refractivity contribution is 7.92. The Morgan fingerprint density at radius 3 is 2.18 bits per heavy atom. The fourth-order valence-corrected chi connectivity index (χ4v) is 4.77. The van der Waals surface area contributed by atoms with Gasteiger partial charge in [0, 0.05) is 30.1 Å². The molecule has 210 valence electrons. The Hall–Kier alpha value is -2.79. The van der Waals surface area contributed by atoms with E-state index < -0.39 is 39.3 Å². The number of hydrogen-bond donors (Lipinski definition) is 1. The van der Waals surface area contributed by atoms with Crippen LogP contribution in [0.2, 0.25) is 5.02 Å². The average Bonchev–Trinajstić information content (AvgIpc) is 2.78. The molecule has 0 aromatic heterocycles. The van der Waals surface area contributed by atoms with Gasteiger partial charge in [0.05, 0.1) is 17.5 Å². The van der Waals surface area contributed by atoms with Crippen molar-refractivity contribution in [2.75, 3.05) is 17.1 Å². The SMILES string of the molecule is C[C@@H](C(=O)NC(C)(C)C)N(Cc1ccc(Cl)cc1)C(=O)CCCN(c1cccc(C(F)(F)F)c1)S(C)(=O)=O. The highest BCUT2D eigenvalue weighted by Gasteiger charge is 2.32. The molecule has 2 aromatic carbocycles. The van der Waals surface area contributed by atoms with Crippen LogP contribution in [0, 0.1) is 0 Å². The average molecular weight is 576 g/mol. The number of anilines is 1. The molecule has 0 spiro atoms. The zero-order valence-corrected chi connectivity index (χ0v) is 23.5. The summed E-state index contributed by atoms with van der Waals surface area (Å²) in [6.07, 6.45) is -3.86. The lowest BCUT2D eigenvalue weighted by atomic mass is 10.1. The summed E-state index contributed by atoms with van der Waals surface area (Å²) in [6.45, 7) is 6.94. The second kappa shape index (κ2) is 12.4. The minimum Gasteiger partial charge on any atom is -0.350 e. The van der Waals surface area contributed by atoms with Crippen LogP contribution in [-0.2, 0) is 32.3 Å². The van der Waals surface area contributed by atoms with E-state index in [1.54, 1.807) is 31.2 Å². The van der Waals surface area contributed by atoms with Crippen LogP contribution in [0.15, 0.2) is 48.5 Å². The molecule has 0 bridgehead atoms. The molecule has 0 aliphatic heterocycles. The predicted molar refractivity (Wildman–Crippen MR) is 142 cm³/mol. The summed E-state index contributed by atoms with van der Waals surface area (Å²) >= 11 is 5.96. The van der Waals surface area contributed by atoms with E-state index >= 15 is 0 Å². The van der Waals surface area contributed by atoms with Gasteiger partial charge in [-0.05, 0) is 70.0 Å². The maximum atomic E-state index is 13.3. The molecule has 2 amide bonds. The number of alkyl halides is 3. The molecule has 0 unspecified atom stereocenters. The molecule has 0 aliphatic carbocycles. The number of carbonyl (C=O) groups excluding carboxylic acids is 2. The van der Waals surface area contributed by atoms with Crippen molar-refractivity contribution in [1.82, 2.24) is 10.2 Å². The molecule has 0 radical (unpaired) electrons. The molecule has 38 heavy (non-hydrogen) atoms. The van der Waals surface area contributed by atoms with E-state index in [1.807, 2.05) is 20.8 Å². The number of sulfonamides is 1. The summed E-state index contributed by atoms with van der Waals surface area (Å²) < 4.78 is 65.1. The lowest BCUT2D eigenvalue weighted by Crippen LogP contribution is -2.52. The summed E-state index contributed by atoms with van der Waals surface area (Å²) in [4.78, 5) is 27.5.